The molecule has 0 aliphatic heterocycles. The highest BCUT2D eigenvalue weighted by Crippen LogP contribution is 2.27. The van der Waals surface area contributed by atoms with Gasteiger partial charge in [0.05, 0.1) is 11.4 Å². The van der Waals surface area contributed by atoms with Crippen molar-refractivity contribution >= 4 is 46.9 Å². The molecule has 3 aromatic rings. The van der Waals surface area contributed by atoms with Gasteiger partial charge in [0.25, 0.3) is 0 Å². The molecule has 0 aliphatic carbocycles. The maximum Gasteiger partial charge on any atom is 0.237 e. The summed E-state index contributed by atoms with van der Waals surface area (Å²) in [6.45, 7) is 2.14. The van der Waals surface area contributed by atoms with Crippen molar-refractivity contribution in [1.82, 2.24) is 19.9 Å². The molecule has 24 heavy (non-hydrogen) atoms. The molecule has 5 nitrogen and oxygen atoms in total. The first-order valence-electron chi connectivity index (χ1n) is 7.46. The number of aryl methyl sites for hydroxylation is 1. The van der Waals surface area contributed by atoms with Crippen molar-refractivity contribution in [3.8, 4) is 5.69 Å². The number of benzene rings is 1. The van der Waals surface area contributed by atoms with E-state index in [2.05, 4.69) is 22.2 Å². The molecule has 0 amide bonds. The van der Waals surface area contributed by atoms with E-state index in [1.54, 1.807) is 16.4 Å². The van der Waals surface area contributed by atoms with Crippen LogP contribution in [0, 0.1) is 3.95 Å². The van der Waals surface area contributed by atoms with Crippen LogP contribution in [0.15, 0.2) is 33.1 Å². The zero-order valence-corrected chi connectivity index (χ0v) is 16.1. The van der Waals surface area contributed by atoms with Crippen molar-refractivity contribution < 1.29 is 4.52 Å². The van der Waals surface area contributed by atoms with Crippen LogP contribution in [0.2, 0.25) is 5.02 Å². The van der Waals surface area contributed by atoms with E-state index < -0.39 is 0 Å². The molecule has 0 N–H and O–H groups in total. The highest BCUT2D eigenvalue weighted by molar-refractivity contribution is 8.00. The number of hydrogen-bond donors (Lipinski definition) is 0. The first kappa shape index (κ1) is 17.6. The van der Waals surface area contributed by atoms with Gasteiger partial charge in [-0.3, -0.25) is 0 Å². The van der Waals surface area contributed by atoms with Crippen LogP contribution in [0.5, 0.6) is 0 Å². The molecule has 0 atom stereocenters. The number of unbranched alkanes of at least 4 members (excludes halogenated alkanes) is 1. The lowest BCUT2D eigenvalue weighted by Gasteiger charge is -1.99. The second-order valence-electron chi connectivity index (χ2n) is 5.02. The van der Waals surface area contributed by atoms with Crippen molar-refractivity contribution in [2.45, 2.75) is 36.3 Å². The predicted molar refractivity (Wildman–Crippen MR) is 99.8 cm³/mol. The molecule has 0 fully saturated rings. The van der Waals surface area contributed by atoms with E-state index in [0.717, 1.165) is 35.1 Å². The Hall–Kier alpha value is -1.22. The van der Waals surface area contributed by atoms with Crippen molar-refractivity contribution in [2.75, 3.05) is 0 Å². The molecule has 0 unspecified atom stereocenters. The Labute approximate surface area is 158 Å². The number of rotatable bonds is 7. The minimum atomic E-state index is 0.585. The predicted octanol–water partition coefficient (Wildman–Crippen LogP) is 5.33. The lowest BCUT2D eigenvalue weighted by molar-refractivity contribution is 0.384. The van der Waals surface area contributed by atoms with Crippen LogP contribution in [0.25, 0.3) is 5.69 Å². The largest absolute Gasteiger partial charge is 0.338 e. The second-order valence-corrected chi connectivity index (χ2v) is 8.30. The summed E-state index contributed by atoms with van der Waals surface area (Å²) in [6, 6.07) is 7.43. The lowest BCUT2D eigenvalue weighted by Crippen LogP contribution is -1.95. The molecule has 0 bridgehead atoms. The van der Waals surface area contributed by atoms with Crippen LogP contribution in [-0.2, 0) is 12.2 Å². The van der Waals surface area contributed by atoms with Gasteiger partial charge < -0.3 is 4.52 Å². The zero-order chi connectivity index (χ0) is 16.9. The summed E-state index contributed by atoms with van der Waals surface area (Å²) in [6.07, 6.45) is 3.04. The summed E-state index contributed by atoms with van der Waals surface area (Å²) in [7, 11) is 0. The van der Waals surface area contributed by atoms with Gasteiger partial charge in [-0.2, -0.15) is 4.98 Å². The molecule has 3 rings (SSSR count). The van der Waals surface area contributed by atoms with Gasteiger partial charge in [-0.1, -0.05) is 53.2 Å². The van der Waals surface area contributed by atoms with Gasteiger partial charge in [0.2, 0.25) is 5.89 Å². The molecule has 9 heteroatoms. The van der Waals surface area contributed by atoms with E-state index in [9.17, 15) is 0 Å². The molecule has 0 spiro atoms. The van der Waals surface area contributed by atoms with Gasteiger partial charge in [0, 0.05) is 11.4 Å². The average molecular weight is 399 g/mol. The van der Waals surface area contributed by atoms with Crippen LogP contribution in [0.1, 0.15) is 31.5 Å². The Morgan fingerprint density at radius 2 is 2.12 bits per heavy atom. The normalized spacial score (nSPS) is 11.1. The van der Waals surface area contributed by atoms with E-state index >= 15 is 0 Å². The van der Waals surface area contributed by atoms with Crippen molar-refractivity contribution in [3.63, 3.8) is 0 Å². The summed E-state index contributed by atoms with van der Waals surface area (Å²) in [4.78, 5) is 4.39. The Balaban J connectivity index is 1.66. The molecule has 126 valence electrons. The van der Waals surface area contributed by atoms with Crippen LogP contribution < -0.4 is 0 Å². The minimum Gasteiger partial charge on any atom is -0.338 e. The quantitative estimate of drug-likeness (QED) is 0.395. The molecule has 0 aliphatic rings. The van der Waals surface area contributed by atoms with Crippen molar-refractivity contribution in [1.29, 1.82) is 0 Å². The van der Waals surface area contributed by atoms with Gasteiger partial charge in [0.1, 0.15) is 0 Å². The Kier molecular flexibility index (Phi) is 6.04. The maximum absolute atomic E-state index is 5.91. The van der Waals surface area contributed by atoms with Gasteiger partial charge in [-0.25, -0.2) is 4.68 Å². The zero-order valence-electron chi connectivity index (χ0n) is 12.9. The maximum atomic E-state index is 5.91. The molecule has 2 heterocycles. The average Bonchev–Trinajstić information content (AvgIpc) is 3.18. The molecule has 0 saturated carbocycles. The summed E-state index contributed by atoms with van der Waals surface area (Å²) in [5.41, 5.74) is 0.896. The first-order chi connectivity index (χ1) is 11.7. The number of halogens is 1. The topological polar surface area (TPSA) is 56.7 Å². The van der Waals surface area contributed by atoms with E-state index in [0.29, 0.717) is 20.6 Å². The van der Waals surface area contributed by atoms with Gasteiger partial charge in [-0.05, 0) is 42.9 Å². The van der Waals surface area contributed by atoms with Gasteiger partial charge in [0.15, 0.2) is 14.1 Å². The Morgan fingerprint density at radius 3 is 2.88 bits per heavy atom. The summed E-state index contributed by atoms with van der Waals surface area (Å²) < 4.78 is 8.55. The van der Waals surface area contributed by atoms with E-state index in [1.807, 2.05) is 24.3 Å². The van der Waals surface area contributed by atoms with Gasteiger partial charge >= 0.3 is 0 Å². The van der Waals surface area contributed by atoms with Crippen LogP contribution in [0.4, 0.5) is 0 Å². The molecule has 2 aromatic heterocycles. The minimum absolute atomic E-state index is 0.585. The van der Waals surface area contributed by atoms with Crippen LogP contribution in [0.3, 0.4) is 0 Å². The molecule has 0 radical (unpaired) electrons. The van der Waals surface area contributed by atoms with Crippen molar-refractivity contribution in [3.05, 3.63) is 45.0 Å². The number of thioether (sulfide) groups is 1. The summed E-state index contributed by atoms with van der Waals surface area (Å²) >= 11 is 14.3. The first-order valence-corrected chi connectivity index (χ1v) is 10.0. The Morgan fingerprint density at radius 1 is 1.33 bits per heavy atom. The SMILES string of the molecule is CCCCc1noc(CSc2nn(-c3ccc(Cl)cc3)c(=S)s2)n1. The monoisotopic (exact) mass is 398 g/mol. The fraction of sp³-hybridized carbons (Fsp3) is 0.333. The fourth-order valence-electron chi connectivity index (χ4n) is 1.97. The standard InChI is InChI=1S/C15H15ClN4OS3/c1-2-3-4-12-17-13(21-19-12)9-23-14-18-20(15(22)24-14)11-7-5-10(16)6-8-11/h5-8H,2-4,9H2,1H3. The molecule has 1 aromatic carbocycles. The third kappa shape index (κ3) is 4.44. The van der Waals surface area contributed by atoms with E-state index in [-0.39, 0.29) is 0 Å². The summed E-state index contributed by atoms with van der Waals surface area (Å²) in [5.74, 6) is 1.97. The number of aromatic nitrogens is 4. The number of nitrogens with zero attached hydrogens (tertiary/aromatic N) is 4. The highest BCUT2D eigenvalue weighted by atomic mass is 35.5. The second kappa shape index (κ2) is 8.24. The molecule has 0 saturated heterocycles. The highest BCUT2D eigenvalue weighted by Gasteiger charge is 2.10. The van der Waals surface area contributed by atoms with Crippen LogP contribution in [-0.4, -0.2) is 19.9 Å². The van der Waals surface area contributed by atoms with Gasteiger partial charge in [-0.15, -0.1) is 5.10 Å². The summed E-state index contributed by atoms with van der Waals surface area (Å²) in [5, 5.41) is 9.22. The molecular weight excluding hydrogens is 384 g/mol. The third-order valence-corrected chi connectivity index (χ3v) is 5.79. The van der Waals surface area contributed by atoms with E-state index in [4.69, 9.17) is 28.3 Å². The number of hydrogen-bond acceptors (Lipinski definition) is 7. The van der Waals surface area contributed by atoms with E-state index in [1.165, 1.54) is 11.3 Å². The van der Waals surface area contributed by atoms with Crippen molar-refractivity contribution in [2.24, 2.45) is 0 Å². The third-order valence-electron chi connectivity index (χ3n) is 3.18. The lowest BCUT2D eigenvalue weighted by atomic mass is 10.2. The fourth-order valence-corrected chi connectivity index (χ4v) is 4.30. The molecular formula is C15H15ClN4OS3. The smallest absolute Gasteiger partial charge is 0.237 e. The van der Waals surface area contributed by atoms with Crippen LogP contribution >= 0.6 is 46.9 Å². The Bertz CT molecular complexity index is 856.